The first kappa shape index (κ1) is 15.3. The molecule has 1 aliphatic heterocycles. The van der Waals surface area contributed by atoms with Crippen molar-refractivity contribution < 1.29 is 22.6 Å². The van der Waals surface area contributed by atoms with Crippen molar-refractivity contribution in [3.05, 3.63) is 29.6 Å². The molecule has 0 radical (unpaired) electrons. The monoisotopic (exact) mass is 351 g/mol. The van der Waals surface area contributed by atoms with Crippen molar-refractivity contribution in [2.45, 2.75) is 18.1 Å². The standard InChI is InChI=1S/C13H13BrF3NO2/c1-19-10-4-3-8(5-9(10)15)11-13(16,17)6-12(7-14,18-11)20-2/h3-5H,6-7H2,1-2H3. The molecule has 110 valence electrons. The Morgan fingerprint density at radius 1 is 1.35 bits per heavy atom. The summed E-state index contributed by atoms with van der Waals surface area (Å²) in [7, 11) is 2.62. The Labute approximate surface area is 122 Å². The normalized spacial score (nSPS) is 24.6. The van der Waals surface area contributed by atoms with Crippen LogP contribution in [0.4, 0.5) is 13.2 Å². The molecule has 0 aromatic heterocycles. The summed E-state index contributed by atoms with van der Waals surface area (Å²) in [4.78, 5) is 3.97. The van der Waals surface area contributed by atoms with Crippen LogP contribution in [0.25, 0.3) is 0 Å². The summed E-state index contributed by atoms with van der Waals surface area (Å²) in [5, 5.41) is 0.133. The molecule has 7 heteroatoms. The van der Waals surface area contributed by atoms with Gasteiger partial charge in [-0.25, -0.2) is 9.38 Å². The smallest absolute Gasteiger partial charge is 0.294 e. The molecular weight excluding hydrogens is 339 g/mol. The average molecular weight is 352 g/mol. The van der Waals surface area contributed by atoms with E-state index in [1.807, 2.05) is 0 Å². The Morgan fingerprint density at radius 2 is 2.05 bits per heavy atom. The van der Waals surface area contributed by atoms with Gasteiger partial charge in [0.2, 0.25) is 0 Å². The molecule has 1 heterocycles. The van der Waals surface area contributed by atoms with Gasteiger partial charge in [0.25, 0.3) is 5.92 Å². The van der Waals surface area contributed by atoms with E-state index in [0.29, 0.717) is 0 Å². The van der Waals surface area contributed by atoms with E-state index >= 15 is 0 Å². The summed E-state index contributed by atoms with van der Waals surface area (Å²) in [6, 6.07) is 3.64. The third kappa shape index (κ3) is 2.56. The van der Waals surface area contributed by atoms with Gasteiger partial charge in [0, 0.05) is 12.7 Å². The van der Waals surface area contributed by atoms with E-state index < -0.39 is 29.6 Å². The van der Waals surface area contributed by atoms with E-state index in [0.717, 1.165) is 6.07 Å². The zero-order valence-electron chi connectivity index (χ0n) is 10.9. The van der Waals surface area contributed by atoms with Crippen molar-refractivity contribution in [2.75, 3.05) is 19.5 Å². The van der Waals surface area contributed by atoms with E-state index in [1.54, 1.807) is 0 Å². The Balaban J connectivity index is 2.47. The predicted octanol–water partition coefficient (Wildman–Crippen LogP) is 3.40. The molecule has 1 unspecified atom stereocenters. The van der Waals surface area contributed by atoms with Crippen LogP contribution in [0.5, 0.6) is 5.75 Å². The molecule has 0 amide bonds. The minimum absolute atomic E-state index is 0.00541. The van der Waals surface area contributed by atoms with E-state index in [-0.39, 0.29) is 16.6 Å². The van der Waals surface area contributed by atoms with Gasteiger partial charge in [0.15, 0.2) is 17.3 Å². The highest BCUT2D eigenvalue weighted by molar-refractivity contribution is 9.09. The number of alkyl halides is 3. The lowest BCUT2D eigenvalue weighted by Crippen LogP contribution is -2.33. The van der Waals surface area contributed by atoms with Gasteiger partial charge >= 0.3 is 0 Å². The predicted molar refractivity (Wildman–Crippen MR) is 72.6 cm³/mol. The Kier molecular flexibility index (Phi) is 4.11. The number of methoxy groups -OCH3 is 2. The maximum Gasteiger partial charge on any atom is 0.294 e. The quantitative estimate of drug-likeness (QED) is 0.778. The maximum atomic E-state index is 14.1. The van der Waals surface area contributed by atoms with Gasteiger partial charge in [-0.2, -0.15) is 8.78 Å². The number of rotatable bonds is 4. The summed E-state index contributed by atoms with van der Waals surface area (Å²) < 4.78 is 51.7. The Hall–Kier alpha value is -1.08. The van der Waals surface area contributed by atoms with Crippen LogP contribution in [0.2, 0.25) is 0 Å². The minimum atomic E-state index is -3.18. The van der Waals surface area contributed by atoms with Gasteiger partial charge in [-0.15, -0.1) is 0 Å². The zero-order valence-corrected chi connectivity index (χ0v) is 12.5. The summed E-state index contributed by atoms with van der Waals surface area (Å²) in [6.07, 6.45) is -0.579. The topological polar surface area (TPSA) is 30.8 Å². The number of benzene rings is 1. The molecule has 1 aromatic carbocycles. The van der Waals surface area contributed by atoms with Crippen molar-refractivity contribution in [3.8, 4) is 5.75 Å². The third-order valence-electron chi connectivity index (χ3n) is 3.17. The first-order valence-electron chi connectivity index (χ1n) is 5.80. The number of halogens is 4. The molecule has 3 nitrogen and oxygen atoms in total. The molecule has 0 fully saturated rings. The number of aliphatic imine (C=N–C) groups is 1. The van der Waals surface area contributed by atoms with Crippen molar-refractivity contribution in [2.24, 2.45) is 4.99 Å². The molecule has 0 N–H and O–H groups in total. The molecule has 0 saturated carbocycles. The summed E-state index contributed by atoms with van der Waals surface area (Å²) in [5.74, 6) is -3.89. The molecule has 20 heavy (non-hydrogen) atoms. The Bertz CT molecular complexity index is 544. The third-order valence-corrected chi connectivity index (χ3v) is 4.05. The largest absolute Gasteiger partial charge is 0.494 e. The summed E-state index contributed by atoms with van der Waals surface area (Å²) in [5.41, 5.74) is -1.77. The summed E-state index contributed by atoms with van der Waals surface area (Å²) >= 11 is 3.12. The molecule has 0 aliphatic carbocycles. The summed E-state index contributed by atoms with van der Waals surface area (Å²) in [6.45, 7) is 0. The molecule has 0 spiro atoms. The van der Waals surface area contributed by atoms with Crippen molar-refractivity contribution in [1.82, 2.24) is 0 Å². The molecule has 1 aliphatic rings. The molecule has 2 rings (SSSR count). The molecular formula is C13H13BrF3NO2. The van der Waals surface area contributed by atoms with Crippen molar-refractivity contribution in [3.63, 3.8) is 0 Å². The van der Waals surface area contributed by atoms with Crippen LogP contribution >= 0.6 is 15.9 Å². The maximum absolute atomic E-state index is 14.1. The zero-order chi connectivity index (χ0) is 15.0. The number of hydrogen-bond donors (Lipinski definition) is 0. The highest BCUT2D eigenvalue weighted by Gasteiger charge is 2.52. The number of nitrogens with zero attached hydrogens (tertiary/aromatic N) is 1. The van der Waals surface area contributed by atoms with Gasteiger partial charge in [-0.3, -0.25) is 0 Å². The molecule has 0 bridgehead atoms. The Morgan fingerprint density at radius 3 is 2.50 bits per heavy atom. The van der Waals surface area contributed by atoms with Crippen LogP contribution in [0.15, 0.2) is 23.2 Å². The van der Waals surface area contributed by atoms with Crippen LogP contribution in [0.1, 0.15) is 12.0 Å². The lowest BCUT2D eigenvalue weighted by Gasteiger charge is -2.21. The molecule has 1 atom stereocenters. The molecule has 1 aromatic rings. The van der Waals surface area contributed by atoms with Crippen molar-refractivity contribution >= 4 is 21.6 Å². The van der Waals surface area contributed by atoms with Crippen LogP contribution in [-0.2, 0) is 4.74 Å². The highest BCUT2D eigenvalue weighted by atomic mass is 79.9. The SMILES string of the molecule is COc1ccc(C2=NC(CBr)(OC)CC2(F)F)cc1F. The first-order valence-corrected chi connectivity index (χ1v) is 6.93. The fourth-order valence-electron chi connectivity index (χ4n) is 2.09. The second-order valence-corrected chi connectivity index (χ2v) is 5.04. The average Bonchev–Trinajstić information content (AvgIpc) is 2.71. The molecule has 0 saturated heterocycles. The number of ether oxygens (including phenoxy) is 2. The second-order valence-electron chi connectivity index (χ2n) is 4.47. The van der Waals surface area contributed by atoms with Gasteiger partial charge < -0.3 is 9.47 Å². The van der Waals surface area contributed by atoms with Gasteiger partial charge in [-0.05, 0) is 18.2 Å². The van der Waals surface area contributed by atoms with Crippen molar-refractivity contribution in [1.29, 1.82) is 0 Å². The van der Waals surface area contributed by atoms with Crippen LogP contribution < -0.4 is 4.74 Å². The highest BCUT2D eigenvalue weighted by Crippen LogP contribution is 2.41. The second kappa shape index (κ2) is 5.37. The fourth-order valence-corrected chi connectivity index (χ4v) is 2.65. The first-order chi connectivity index (χ1) is 9.37. The van der Waals surface area contributed by atoms with Crippen LogP contribution in [0, 0.1) is 5.82 Å². The van der Waals surface area contributed by atoms with Gasteiger partial charge in [0.1, 0.15) is 5.71 Å². The lowest BCUT2D eigenvalue weighted by molar-refractivity contribution is -0.0355. The van der Waals surface area contributed by atoms with Crippen LogP contribution in [-0.4, -0.2) is 36.9 Å². The van der Waals surface area contributed by atoms with Gasteiger partial charge in [-0.1, -0.05) is 15.9 Å². The fraction of sp³-hybridized carbons (Fsp3) is 0.462. The number of hydrogen-bond acceptors (Lipinski definition) is 3. The lowest BCUT2D eigenvalue weighted by atomic mass is 10.0. The van der Waals surface area contributed by atoms with E-state index in [1.165, 1.54) is 26.4 Å². The minimum Gasteiger partial charge on any atom is -0.494 e. The van der Waals surface area contributed by atoms with Gasteiger partial charge in [0.05, 0.1) is 18.9 Å². The van der Waals surface area contributed by atoms with Crippen LogP contribution in [0.3, 0.4) is 0 Å². The van der Waals surface area contributed by atoms with E-state index in [4.69, 9.17) is 9.47 Å². The van der Waals surface area contributed by atoms with E-state index in [9.17, 15) is 13.2 Å². The van der Waals surface area contributed by atoms with E-state index in [2.05, 4.69) is 20.9 Å².